The van der Waals surface area contributed by atoms with Crippen LogP contribution in [0.3, 0.4) is 0 Å². The number of likely N-dealkylation sites (N-methyl/N-ethyl adjacent to an activating group) is 1. The summed E-state index contributed by atoms with van der Waals surface area (Å²) in [5.41, 5.74) is 7.29. The van der Waals surface area contributed by atoms with Crippen LogP contribution in [0.25, 0.3) is 0 Å². The molecule has 14 nitrogen and oxygen atoms in total. The van der Waals surface area contributed by atoms with Gasteiger partial charge in [-0.2, -0.15) is 0 Å². The van der Waals surface area contributed by atoms with Gasteiger partial charge in [-0.15, -0.1) is 0 Å². The van der Waals surface area contributed by atoms with Crippen LogP contribution in [0.4, 0.5) is 0 Å². The van der Waals surface area contributed by atoms with Gasteiger partial charge in [0.2, 0.25) is 23.6 Å². The maximum absolute atomic E-state index is 13.7. The lowest BCUT2D eigenvalue weighted by Gasteiger charge is -2.27. The van der Waals surface area contributed by atoms with Gasteiger partial charge in [0.1, 0.15) is 23.9 Å². The summed E-state index contributed by atoms with van der Waals surface area (Å²) in [5.74, 6) is -3.04. The van der Waals surface area contributed by atoms with Crippen molar-refractivity contribution < 1.29 is 38.6 Å². The van der Waals surface area contributed by atoms with Gasteiger partial charge in [0.25, 0.3) is 0 Å². The zero-order valence-electron chi connectivity index (χ0n) is 27.2. The van der Waals surface area contributed by atoms with Gasteiger partial charge in [-0.3, -0.25) is 33.8 Å². The number of hydrogen-bond donors (Lipinski definition) is 5. The number of nitrogens with zero attached hydrogens (tertiary/aromatic N) is 2. The molecule has 0 saturated carbocycles. The van der Waals surface area contributed by atoms with Crippen LogP contribution in [0.15, 0.2) is 59.6 Å². The Kier molecular flexibility index (Phi) is 15.6. The maximum atomic E-state index is 13.7. The number of nitrogens with two attached hydrogens (primary N) is 1. The Morgan fingerprint density at radius 3 is 2.06 bits per heavy atom. The Morgan fingerprint density at radius 2 is 1.49 bits per heavy atom. The van der Waals surface area contributed by atoms with Crippen molar-refractivity contribution in [2.75, 3.05) is 20.1 Å². The first-order valence-electron chi connectivity index (χ1n) is 15.2. The molecule has 0 spiro atoms. The highest BCUT2D eigenvalue weighted by molar-refractivity contribution is 5.94. The smallest absolute Gasteiger partial charge is 0.308 e. The summed E-state index contributed by atoms with van der Waals surface area (Å²) in [7, 11) is 1.46. The molecule has 0 aromatic heterocycles. The van der Waals surface area contributed by atoms with Crippen LogP contribution in [0.2, 0.25) is 0 Å². The molecule has 2 aromatic carbocycles. The van der Waals surface area contributed by atoms with Crippen molar-refractivity contribution in [2.24, 2.45) is 10.7 Å². The van der Waals surface area contributed by atoms with E-state index in [2.05, 4.69) is 20.9 Å². The molecule has 47 heavy (non-hydrogen) atoms. The lowest BCUT2D eigenvalue weighted by molar-refractivity contribution is -0.140. The predicted molar refractivity (Wildman–Crippen MR) is 174 cm³/mol. The molecule has 4 amide bonds. The number of ether oxygens (including phenoxy) is 1. The topological polar surface area (TPSA) is 210 Å². The minimum atomic E-state index is -1.12. The molecular weight excluding hydrogens is 608 g/mol. The average molecular weight is 653 g/mol. The van der Waals surface area contributed by atoms with Gasteiger partial charge >= 0.3 is 11.9 Å². The number of aliphatic imine (C=N–C) groups is 1. The summed E-state index contributed by atoms with van der Waals surface area (Å²) in [5, 5.41) is 17.2. The number of hydrogen-bond acceptors (Lipinski definition) is 8. The number of carboxylic acid groups (broad SMARTS) is 1. The monoisotopic (exact) mass is 652 g/mol. The van der Waals surface area contributed by atoms with Crippen molar-refractivity contribution in [3.63, 3.8) is 0 Å². The van der Waals surface area contributed by atoms with E-state index in [0.29, 0.717) is 17.7 Å². The minimum Gasteiger partial charge on any atom is -0.481 e. The second-order valence-corrected chi connectivity index (χ2v) is 11.1. The van der Waals surface area contributed by atoms with E-state index in [1.54, 1.807) is 48.5 Å². The normalized spacial score (nSPS) is 13.0. The van der Waals surface area contributed by atoms with Crippen LogP contribution in [-0.2, 0) is 41.6 Å². The number of rotatable bonds is 18. The summed E-state index contributed by atoms with van der Waals surface area (Å²) in [4.78, 5) is 80.0. The molecule has 0 radical (unpaired) electrons. The first-order valence-corrected chi connectivity index (χ1v) is 15.2. The van der Waals surface area contributed by atoms with Gasteiger partial charge in [-0.25, -0.2) is 0 Å². The van der Waals surface area contributed by atoms with Crippen molar-refractivity contribution in [3.05, 3.63) is 65.7 Å². The highest BCUT2D eigenvalue weighted by Gasteiger charge is 2.30. The number of amides is 4. The van der Waals surface area contributed by atoms with Gasteiger partial charge in [0, 0.05) is 46.8 Å². The number of carbonyl (C=O) groups excluding carboxylic acids is 5. The molecule has 14 heteroatoms. The number of carboxylic acids is 1. The van der Waals surface area contributed by atoms with Crippen LogP contribution in [0, 0.1) is 0 Å². The molecule has 0 aliphatic heterocycles. The second kappa shape index (κ2) is 19.3. The second-order valence-electron chi connectivity index (χ2n) is 11.1. The summed E-state index contributed by atoms with van der Waals surface area (Å²) >= 11 is 0. The molecule has 0 bridgehead atoms. The Balaban J connectivity index is 2.31. The largest absolute Gasteiger partial charge is 0.481 e. The first-order chi connectivity index (χ1) is 22.2. The van der Waals surface area contributed by atoms with E-state index in [4.69, 9.17) is 15.6 Å². The maximum Gasteiger partial charge on any atom is 0.308 e. The molecule has 254 valence electrons. The minimum absolute atomic E-state index is 0.0633. The quantitative estimate of drug-likeness (QED) is 0.0510. The van der Waals surface area contributed by atoms with Crippen LogP contribution in [-0.4, -0.2) is 89.7 Å². The highest BCUT2D eigenvalue weighted by atomic mass is 16.5. The van der Waals surface area contributed by atoms with Gasteiger partial charge < -0.3 is 36.4 Å². The lowest BCUT2D eigenvalue weighted by atomic mass is 10.0. The van der Waals surface area contributed by atoms with E-state index in [1.165, 1.54) is 32.7 Å². The molecular formula is C33H44N6O8. The summed E-state index contributed by atoms with van der Waals surface area (Å²) in [6.45, 7) is 4.36. The fourth-order valence-corrected chi connectivity index (χ4v) is 4.59. The van der Waals surface area contributed by atoms with Gasteiger partial charge in [-0.05, 0) is 43.0 Å². The molecule has 3 atom stereocenters. The Labute approximate surface area is 274 Å². The van der Waals surface area contributed by atoms with Crippen molar-refractivity contribution >= 4 is 41.4 Å². The number of amidine groups is 1. The molecule has 2 rings (SSSR count). The van der Waals surface area contributed by atoms with Crippen molar-refractivity contribution in [2.45, 2.75) is 71.0 Å². The first kappa shape index (κ1) is 37.9. The number of benzene rings is 2. The van der Waals surface area contributed by atoms with E-state index in [9.17, 15) is 28.8 Å². The van der Waals surface area contributed by atoms with Gasteiger partial charge in [0.05, 0.1) is 12.3 Å². The third-order valence-corrected chi connectivity index (χ3v) is 6.89. The fraction of sp³-hybridized carbons (Fsp3) is 0.424. The Morgan fingerprint density at radius 1 is 0.872 bits per heavy atom. The van der Waals surface area contributed by atoms with Gasteiger partial charge in [0.15, 0.2) is 0 Å². The number of carbonyl (C=O) groups is 6. The molecule has 0 fully saturated rings. The SMILES string of the molecule is CC(=O)NCCC[C@H](NC(=O)[C@H](Cc1ccc(OC(C)=O)cc1)N=C(C)N)C(=O)N[C@@H](Cc1ccccc1)C(=O)N(C)CCC(=O)O. The molecule has 2 aromatic rings. The van der Waals surface area contributed by atoms with Crippen molar-refractivity contribution in [1.29, 1.82) is 0 Å². The Bertz CT molecular complexity index is 1410. The van der Waals surface area contributed by atoms with E-state index in [0.717, 1.165) is 5.56 Å². The molecule has 0 aliphatic carbocycles. The van der Waals surface area contributed by atoms with Crippen LogP contribution >= 0.6 is 0 Å². The molecule has 0 aliphatic rings. The van der Waals surface area contributed by atoms with E-state index < -0.39 is 47.8 Å². The summed E-state index contributed by atoms with van der Waals surface area (Å²) < 4.78 is 5.06. The summed E-state index contributed by atoms with van der Waals surface area (Å²) in [6.07, 6.45) is 0.413. The lowest BCUT2D eigenvalue weighted by Crippen LogP contribution is -2.56. The number of aliphatic carboxylic acids is 1. The third-order valence-electron chi connectivity index (χ3n) is 6.89. The zero-order chi connectivity index (χ0) is 34.9. The van der Waals surface area contributed by atoms with E-state index >= 15 is 0 Å². The Hall–Kier alpha value is -5.27. The van der Waals surface area contributed by atoms with E-state index in [1.807, 2.05) is 6.07 Å². The molecule has 0 heterocycles. The van der Waals surface area contributed by atoms with Crippen LogP contribution < -0.4 is 26.4 Å². The molecule has 0 unspecified atom stereocenters. The standard InChI is InChI=1S/C33H44N6O8/c1-21(34)36-28(19-25-12-14-26(15-13-25)47-23(3)41)32(45)37-27(11-8-17-35-22(2)40)31(44)38-29(20-24-9-6-5-7-10-24)33(46)39(4)18-16-30(42)43/h5-7,9-10,12-15,27-29H,8,11,16-20H2,1-4H3,(H2,34,36)(H,35,40)(H,37,45)(H,38,44)(H,42,43)/t27-,28-,29-/m0/s1. The van der Waals surface area contributed by atoms with Crippen LogP contribution in [0.1, 0.15) is 51.2 Å². The molecule has 6 N–H and O–H groups in total. The third kappa shape index (κ3) is 14.6. The average Bonchev–Trinajstić information content (AvgIpc) is 3.00. The number of esters is 1. The highest BCUT2D eigenvalue weighted by Crippen LogP contribution is 2.15. The van der Waals surface area contributed by atoms with E-state index in [-0.39, 0.29) is 50.5 Å². The fourth-order valence-electron chi connectivity index (χ4n) is 4.59. The van der Waals surface area contributed by atoms with Crippen LogP contribution in [0.5, 0.6) is 5.75 Å². The van der Waals surface area contributed by atoms with Gasteiger partial charge in [-0.1, -0.05) is 42.5 Å². The zero-order valence-corrected chi connectivity index (χ0v) is 27.2. The predicted octanol–water partition coefficient (Wildman–Crippen LogP) is 0.962. The summed E-state index contributed by atoms with van der Waals surface area (Å²) in [6, 6.07) is 12.3. The van der Waals surface area contributed by atoms with Crippen molar-refractivity contribution in [1.82, 2.24) is 20.9 Å². The number of nitrogens with one attached hydrogen (secondary N) is 3. The van der Waals surface area contributed by atoms with Crippen molar-refractivity contribution in [3.8, 4) is 5.75 Å². The molecule has 0 saturated heterocycles.